The molecule has 0 aliphatic heterocycles. The van der Waals surface area contributed by atoms with Gasteiger partial charge in [0.2, 0.25) is 0 Å². The number of allylic oxidation sites excluding steroid dienone is 1. The fourth-order valence-electron chi connectivity index (χ4n) is 2.07. The number of hydrogen-bond acceptors (Lipinski definition) is 2. The highest BCUT2D eigenvalue weighted by Gasteiger charge is 2.20. The molecule has 0 saturated heterocycles. The average Bonchev–Trinajstić information content (AvgIpc) is 2.27. The number of ether oxygens (including phenoxy) is 2. The molecule has 84 valence electrons. The van der Waals surface area contributed by atoms with Crippen LogP contribution in [-0.4, -0.2) is 6.61 Å². The van der Waals surface area contributed by atoms with E-state index in [9.17, 15) is 0 Å². The molecule has 0 heterocycles. The van der Waals surface area contributed by atoms with Gasteiger partial charge in [-0.15, -0.1) is 0 Å². The Bertz CT molecular complexity index is 221. The van der Waals surface area contributed by atoms with Crippen LogP contribution in [0.4, 0.5) is 0 Å². The first kappa shape index (κ1) is 11.9. The van der Waals surface area contributed by atoms with E-state index in [-0.39, 0.29) is 0 Å². The molecule has 0 bridgehead atoms. The smallest absolute Gasteiger partial charge is 0.0901 e. The Hall–Kier alpha value is -1.18. The van der Waals surface area contributed by atoms with E-state index >= 15 is 0 Å². The van der Waals surface area contributed by atoms with Crippen LogP contribution in [0.25, 0.3) is 0 Å². The van der Waals surface area contributed by atoms with Crippen LogP contribution in [0.3, 0.4) is 0 Å². The summed E-state index contributed by atoms with van der Waals surface area (Å²) in [6.07, 6.45) is 11.8. The van der Waals surface area contributed by atoms with Gasteiger partial charge in [0, 0.05) is 0 Å². The molecule has 2 heteroatoms. The van der Waals surface area contributed by atoms with E-state index in [1.54, 1.807) is 6.26 Å². The Morgan fingerprint density at radius 2 is 2.07 bits per heavy atom. The van der Waals surface area contributed by atoms with Crippen LogP contribution in [0.1, 0.15) is 25.7 Å². The van der Waals surface area contributed by atoms with Crippen molar-refractivity contribution in [3.05, 3.63) is 38.0 Å². The Morgan fingerprint density at radius 1 is 1.20 bits per heavy atom. The summed E-state index contributed by atoms with van der Waals surface area (Å²) in [5.74, 6) is 1.28. The molecule has 2 atom stereocenters. The highest BCUT2D eigenvalue weighted by Crippen LogP contribution is 2.30. The summed E-state index contributed by atoms with van der Waals surface area (Å²) < 4.78 is 10.2. The number of hydrogen-bond donors (Lipinski definition) is 0. The third-order valence-corrected chi connectivity index (χ3v) is 2.80. The Kier molecular flexibility index (Phi) is 5.67. The molecule has 15 heavy (non-hydrogen) atoms. The zero-order valence-corrected chi connectivity index (χ0v) is 9.23. The summed E-state index contributed by atoms with van der Waals surface area (Å²) in [7, 11) is 0. The first-order chi connectivity index (χ1) is 7.36. The topological polar surface area (TPSA) is 18.5 Å². The summed E-state index contributed by atoms with van der Waals surface area (Å²) in [6, 6.07) is 0. The highest BCUT2D eigenvalue weighted by molar-refractivity contribution is 4.88. The summed E-state index contributed by atoms with van der Waals surface area (Å²) in [6.45, 7) is 7.85. The molecule has 1 saturated carbocycles. The standard InChI is InChI=1S/C13H20O2/c1-3-14-9-8-12-6-5-7-13(10-12)11-15-4-2/h3-4,8-9,12-13H,1-2,5-7,10-11H2. The molecule has 0 radical (unpaired) electrons. The lowest BCUT2D eigenvalue weighted by Gasteiger charge is -2.26. The van der Waals surface area contributed by atoms with Crippen LogP contribution < -0.4 is 0 Å². The van der Waals surface area contributed by atoms with Crippen molar-refractivity contribution in [3.8, 4) is 0 Å². The Balaban J connectivity index is 2.28. The van der Waals surface area contributed by atoms with Crippen molar-refractivity contribution in [3.63, 3.8) is 0 Å². The summed E-state index contributed by atoms with van der Waals surface area (Å²) >= 11 is 0. The maximum absolute atomic E-state index is 5.24. The van der Waals surface area contributed by atoms with Crippen LogP contribution in [-0.2, 0) is 9.47 Å². The molecule has 2 nitrogen and oxygen atoms in total. The molecule has 0 N–H and O–H groups in total. The second-order valence-electron chi connectivity index (χ2n) is 3.92. The van der Waals surface area contributed by atoms with Crippen molar-refractivity contribution in [1.82, 2.24) is 0 Å². The molecular weight excluding hydrogens is 188 g/mol. The van der Waals surface area contributed by atoms with Gasteiger partial charge in [-0.3, -0.25) is 0 Å². The maximum Gasteiger partial charge on any atom is 0.0901 e. The largest absolute Gasteiger partial charge is 0.502 e. The van der Waals surface area contributed by atoms with Crippen LogP contribution in [0.2, 0.25) is 0 Å². The van der Waals surface area contributed by atoms with Gasteiger partial charge in [0.1, 0.15) is 0 Å². The minimum Gasteiger partial charge on any atom is -0.502 e. The predicted molar refractivity (Wildman–Crippen MR) is 62.0 cm³/mol. The third kappa shape index (κ3) is 4.73. The molecule has 0 aromatic rings. The molecule has 0 aromatic carbocycles. The average molecular weight is 208 g/mol. The Labute approximate surface area is 92.3 Å². The van der Waals surface area contributed by atoms with Gasteiger partial charge in [-0.05, 0) is 37.2 Å². The van der Waals surface area contributed by atoms with Gasteiger partial charge in [-0.25, -0.2) is 0 Å². The van der Waals surface area contributed by atoms with Gasteiger partial charge >= 0.3 is 0 Å². The van der Waals surface area contributed by atoms with Crippen molar-refractivity contribution < 1.29 is 9.47 Å². The van der Waals surface area contributed by atoms with E-state index in [0.717, 1.165) is 6.61 Å². The van der Waals surface area contributed by atoms with Crippen LogP contribution in [0.15, 0.2) is 38.0 Å². The quantitative estimate of drug-likeness (QED) is 0.621. The first-order valence-corrected chi connectivity index (χ1v) is 5.52. The van der Waals surface area contributed by atoms with E-state index in [2.05, 4.69) is 19.2 Å². The summed E-state index contributed by atoms with van der Waals surface area (Å²) in [5, 5.41) is 0. The SMILES string of the molecule is C=COC=CC1CCCC(COC=C)C1. The fourth-order valence-corrected chi connectivity index (χ4v) is 2.07. The molecular formula is C13H20O2. The normalized spacial score (nSPS) is 26.1. The van der Waals surface area contributed by atoms with Crippen LogP contribution in [0.5, 0.6) is 0 Å². The second kappa shape index (κ2) is 7.16. The minimum absolute atomic E-state index is 0.622. The van der Waals surface area contributed by atoms with Gasteiger partial charge < -0.3 is 9.47 Å². The molecule has 0 spiro atoms. The fraction of sp³-hybridized carbons (Fsp3) is 0.538. The first-order valence-electron chi connectivity index (χ1n) is 5.52. The molecule has 1 fully saturated rings. The van der Waals surface area contributed by atoms with E-state index in [4.69, 9.17) is 9.47 Å². The maximum atomic E-state index is 5.24. The third-order valence-electron chi connectivity index (χ3n) is 2.80. The van der Waals surface area contributed by atoms with Crippen molar-refractivity contribution in [2.75, 3.05) is 6.61 Å². The monoisotopic (exact) mass is 208 g/mol. The van der Waals surface area contributed by atoms with Crippen molar-refractivity contribution in [2.24, 2.45) is 11.8 Å². The van der Waals surface area contributed by atoms with Gasteiger partial charge in [-0.1, -0.05) is 19.6 Å². The molecule has 1 rings (SSSR count). The van der Waals surface area contributed by atoms with Crippen molar-refractivity contribution >= 4 is 0 Å². The van der Waals surface area contributed by atoms with Gasteiger partial charge in [0.15, 0.2) is 0 Å². The van der Waals surface area contributed by atoms with E-state index in [1.807, 2.05) is 0 Å². The molecule has 1 aliphatic carbocycles. The van der Waals surface area contributed by atoms with E-state index < -0.39 is 0 Å². The lowest BCUT2D eigenvalue weighted by molar-refractivity contribution is 0.153. The lowest BCUT2D eigenvalue weighted by Crippen LogP contribution is -2.17. The molecule has 2 unspecified atom stereocenters. The zero-order valence-electron chi connectivity index (χ0n) is 9.23. The van der Waals surface area contributed by atoms with Crippen molar-refractivity contribution in [2.45, 2.75) is 25.7 Å². The summed E-state index contributed by atoms with van der Waals surface area (Å²) in [4.78, 5) is 0. The molecule has 1 aliphatic rings. The summed E-state index contributed by atoms with van der Waals surface area (Å²) in [5.41, 5.74) is 0. The van der Waals surface area contributed by atoms with Gasteiger partial charge in [0.05, 0.1) is 25.4 Å². The second-order valence-corrected chi connectivity index (χ2v) is 3.92. The van der Waals surface area contributed by atoms with Crippen LogP contribution >= 0.6 is 0 Å². The minimum atomic E-state index is 0.622. The van der Waals surface area contributed by atoms with Crippen LogP contribution in [0, 0.1) is 11.8 Å². The van der Waals surface area contributed by atoms with Gasteiger partial charge in [-0.2, -0.15) is 0 Å². The Morgan fingerprint density at radius 3 is 2.80 bits per heavy atom. The van der Waals surface area contributed by atoms with E-state index in [0.29, 0.717) is 11.8 Å². The highest BCUT2D eigenvalue weighted by atomic mass is 16.5. The van der Waals surface area contributed by atoms with Gasteiger partial charge in [0.25, 0.3) is 0 Å². The lowest BCUT2D eigenvalue weighted by atomic mass is 9.82. The van der Waals surface area contributed by atoms with E-state index in [1.165, 1.54) is 38.2 Å². The molecule has 0 aromatic heterocycles. The van der Waals surface area contributed by atoms with Crippen molar-refractivity contribution in [1.29, 1.82) is 0 Å². The zero-order chi connectivity index (χ0) is 10.9. The molecule has 0 amide bonds. The number of rotatable bonds is 6. The predicted octanol–water partition coefficient (Wildman–Crippen LogP) is 3.63.